The first-order valence-electron chi connectivity index (χ1n) is 11.9. The van der Waals surface area contributed by atoms with E-state index in [2.05, 4.69) is 5.32 Å². The first-order chi connectivity index (χ1) is 16.3. The molecule has 3 aliphatic heterocycles. The summed E-state index contributed by atoms with van der Waals surface area (Å²) >= 11 is 0. The second-order valence-corrected chi connectivity index (χ2v) is 8.97. The third kappa shape index (κ3) is 4.51. The highest BCUT2D eigenvalue weighted by Gasteiger charge is 2.44. The standard InChI is InChI=1S/C25H32N4O5/c1-4-29-19-14-28(15-20(30)27-11-9-17(10-12-27)24(32)34-5-2)23(31)21(19)22(26-25(29)33)18-8-6-7-16(3)13-18/h6-8,13,17,22H,4-5,9-12,14-15H2,1-3H3,(H,26,33)/t22-/m1/s1. The molecule has 182 valence electrons. The van der Waals surface area contributed by atoms with Crippen molar-refractivity contribution in [3.8, 4) is 0 Å². The van der Waals surface area contributed by atoms with E-state index in [1.54, 1.807) is 16.7 Å². The Morgan fingerprint density at radius 3 is 2.53 bits per heavy atom. The number of aryl methyl sites for hydroxylation is 1. The molecule has 4 amide bonds. The van der Waals surface area contributed by atoms with Gasteiger partial charge in [-0.2, -0.15) is 0 Å². The van der Waals surface area contributed by atoms with E-state index < -0.39 is 6.04 Å². The minimum atomic E-state index is -0.543. The third-order valence-electron chi connectivity index (χ3n) is 6.78. The Balaban J connectivity index is 1.47. The molecule has 34 heavy (non-hydrogen) atoms. The van der Waals surface area contributed by atoms with Crippen LogP contribution in [-0.2, 0) is 19.1 Å². The van der Waals surface area contributed by atoms with Gasteiger partial charge in [0.1, 0.15) is 6.54 Å². The van der Waals surface area contributed by atoms with Crippen molar-refractivity contribution >= 4 is 23.8 Å². The molecule has 1 aromatic carbocycles. The fourth-order valence-electron chi connectivity index (χ4n) is 5.00. The molecule has 0 saturated carbocycles. The summed E-state index contributed by atoms with van der Waals surface area (Å²) in [6.45, 7) is 7.49. The molecule has 9 nitrogen and oxygen atoms in total. The summed E-state index contributed by atoms with van der Waals surface area (Å²) in [5, 5.41) is 2.97. The zero-order chi connectivity index (χ0) is 24.4. The largest absolute Gasteiger partial charge is 0.466 e. The average molecular weight is 469 g/mol. The van der Waals surface area contributed by atoms with Gasteiger partial charge < -0.3 is 19.9 Å². The number of carbonyl (C=O) groups is 4. The maximum Gasteiger partial charge on any atom is 0.322 e. The predicted molar refractivity (Wildman–Crippen MR) is 124 cm³/mol. The SMILES string of the molecule is CCOC(=O)C1CCN(C(=O)CN2CC3=C(C2=O)[C@@H](c2cccc(C)c2)NC(=O)N3CC)CC1. The Kier molecular flexibility index (Phi) is 6.90. The van der Waals surface area contributed by atoms with Gasteiger partial charge in [0.05, 0.1) is 36.4 Å². The smallest absolute Gasteiger partial charge is 0.322 e. The van der Waals surface area contributed by atoms with Crippen molar-refractivity contribution in [2.75, 3.05) is 39.3 Å². The van der Waals surface area contributed by atoms with Crippen LogP contribution in [-0.4, -0.2) is 77.8 Å². The predicted octanol–water partition coefficient (Wildman–Crippen LogP) is 1.98. The van der Waals surface area contributed by atoms with Crippen LogP contribution in [0.3, 0.4) is 0 Å². The molecule has 1 saturated heterocycles. The highest BCUT2D eigenvalue weighted by Crippen LogP contribution is 2.36. The second kappa shape index (κ2) is 9.87. The molecule has 1 aromatic rings. The lowest BCUT2D eigenvalue weighted by atomic mass is 9.94. The molecule has 0 aliphatic carbocycles. The number of urea groups is 1. The van der Waals surface area contributed by atoms with Crippen LogP contribution in [0.15, 0.2) is 35.5 Å². The van der Waals surface area contributed by atoms with Gasteiger partial charge in [-0.15, -0.1) is 0 Å². The minimum absolute atomic E-state index is 0.0534. The van der Waals surface area contributed by atoms with Crippen molar-refractivity contribution in [1.82, 2.24) is 20.0 Å². The van der Waals surface area contributed by atoms with Crippen LogP contribution in [0.4, 0.5) is 4.79 Å². The Labute approximate surface area is 199 Å². The quantitative estimate of drug-likeness (QED) is 0.644. The number of piperidine rings is 1. The number of nitrogens with zero attached hydrogens (tertiary/aromatic N) is 3. The van der Waals surface area contributed by atoms with Gasteiger partial charge in [0.2, 0.25) is 5.91 Å². The molecule has 3 aliphatic rings. The zero-order valence-electron chi connectivity index (χ0n) is 20.0. The molecule has 0 bridgehead atoms. The van der Waals surface area contributed by atoms with E-state index >= 15 is 0 Å². The van der Waals surface area contributed by atoms with Crippen LogP contribution in [0.1, 0.15) is 43.9 Å². The first-order valence-corrected chi connectivity index (χ1v) is 11.9. The maximum atomic E-state index is 13.5. The van der Waals surface area contributed by atoms with Crippen molar-refractivity contribution in [2.24, 2.45) is 5.92 Å². The van der Waals surface area contributed by atoms with Gasteiger partial charge in [-0.1, -0.05) is 29.8 Å². The van der Waals surface area contributed by atoms with E-state index in [0.717, 1.165) is 11.1 Å². The highest BCUT2D eigenvalue weighted by atomic mass is 16.5. The Morgan fingerprint density at radius 2 is 1.88 bits per heavy atom. The molecule has 9 heteroatoms. The van der Waals surface area contributed by atoms with E-state index in [1.165, 1.54) is 4.90 Å². The van der Waals surface area contributed by atoms with Gasteiger partial charge in [0, 0.05) is 19.6 Å². The number of likely N-dealkylation sites (tertiary alicyclic amines) is 1. The van der Waals surface area contributed by atoms with E-state index in [9.17, 15) is 19.2 Å². The molecule has 1 N–H and O–H groups in total. The number of nitrogens with one attached hydrogen (secondary N) is 1. The van der Waals surface area contributed by atoms with Crippen molar-refractivity contribution in [3.63, 3.8) is 0 Å². The topological polar surface area (TPSA) is 99.3 Å². The molecular weight excluding hydrogens is 436 g/mol. The zero-order valence-corrected chi connectivity index (χ0v) is 20.0. The first kappa shape index (κ1) is 23.8. The van der Waals surface area contributed by atoms with Gasteiger partial charge in [0.15, 0.2) is 0 Å². The molecule has 4 rings (SSSR count). The minimum Gasteiger partial charge on any atom is -0.466 e. The monoisotopic (exact) mass is 468 g/mol. The van der Waals surface area contributed by atoms with Crippen molar-refractivity contribution in [1.29, 1.82) is 0 Å². The lowest BCUT2D eigenvalue weighted by Gasteiger charge is -2.33. The number of esters is 1. The molecule has 0 radical (unpaired) electrons. The Bertz CT molecular complexity index is 1030. The normalized spacial score (nSPS) is 21.0. The Hall–Kier alpha value is -3.36. The maximum absolute atomic E-state index is 13.5. The van der Waals surface area contributed by atoms with E-state index in [1.807, 2.05) is 38.1 Å². The molecule has 3 heterocycles. The lowest BCUT2D eigenvalue weighted by molar-refractivity contribution is -0.151. The average Bonchev–Trinajstić information content (AvgIpc) is 3.14. The van der Waals surface area contributed by atoms with Gasteiger partial charge in [0.25, 0.3) is 5.91 Å². The summed E-state index contributed by atoms with van der Waals surface area (Å²) in [5.74, 6) is -0.767. The lowest BCUT2D eigenvalue weighted by Crippen LogP contribution is -2.47. The third-order valence-corrected chi connectivity index (χ3v) is 6.78. The fourth-order valence-corrected chi connectivity index (χ4v) is 5.00. The summed E-state index contributed by atoms with van der Waals surface area (Å²) < 4.78 is 5.10. The van der Waals surface area contributed by atoms with Crippen LogP contribution in [0.25, 0.3) is 0 Å². The van der Waals surface area contributed by atoms with Gasteiger partial charge in [-0.3, -0.25) is 19.3 Å². The van der Waals surface area contributed by atoms with Crippen LogP contribution >= 0.6 is 0 Å². The van der Waals surface area contributed by atoms with Crippen LogP contribution in [0.5, 0.6) is 0 Å². The number of hydrogen-bond acceptors (Lipinski definition) is 5. The van der Waals surface area contributed by atoms with Gasteiger partial charge >= 0.3 is 12.0 Å². The number of ether oxygens (including phenoxy) is 1. The fraction of sp³-hybridized carbons (Fsp3) is 0.520. The molecule has 0 spiro atoms. The van der Waals surface area contributed by atoms with Crippen LogP contribution in [0.2, 0.25) is 0 Å². The van der Waals surface area contributed by atoms with E-state index in [4.69, 9.17) is 4.74 Å². The number of amides is 4. The number of likely N-dealkylation sites (N-methyl/N-ethyl adjacent to an activating group) is 1. The molecule has 1 atom stereocenters. The summed E-state index contributed by atoms with van der Waals surface area (Å²) in [6, 6.07) is 6.95. The highest BCUT2D eigenvalue weighted by molar-refractivity contribution is 6.03. The number of carbonyl (C=O) groups excluding carboxylic acids is 4. The second-order valence-electron chi connectivity index (χ2n) is 8.97. The number of hydrogen-bond donors (Lipinski definition) is 1. The van der Waals surface area contributed by atoms with Crippen LogP contribution < -0.4 is 5.32 Å². The van der Waals surface area contributed by atoms with Gasteiger partial charge in [-0.25, -0.2) is 4.79 Å². The number of rotatable bonds is 6. The van der Waals surface area contributed by atoms with Crippen molar-refractivity contribution in [3.05, 3.63) is 46.7 Å². The van der Waals surface area contributed by atoms with E-state index in [0.29, 0.717) is 50.4 Å². The number of benzene rings is 1. The van der Waals surface area contributed by atoms with Crippen molar-refractivity contribution in [2.45, 2.75) is 39.7 Å². The summed E-state index contributed by atoms with van der Waals surface area (Å²) in [7, 11) is 0. The Morgan fingerprint density at radius 1 is 1.15 bits per heavy atom. The summed E-state index contributed by atoms with van der Waals surface area (Å²) in [5.41, 5.74) is 3.08. The molecular formula is C25H32N4O5. The van der Waals surface area contributed by atoms with Crippen LogP contribution in [0, 0.1) is 12.8 Å². The summed E-state index contributed by atoms with van der Waals surface area (Å²) in [6.07, 6.45) is 1.12. The van der Waals surface area contributed by atoms with Gasteiger partial charge in [-0.05, 0) is 39.2 Å². The molecule has 1 fully saturated rings. The van der Waals surface area contributed by atoms with E-state index in [-0.39, 0.29) is 42.8 Å². The summed E-state index contributed by atoms with van der Waals surface area (Å²) in [4.78, 5) is 56.1. The molecule has 0 aromatic heterocycles. The molecule has 0 unspecified atom stereocenters. The van der Waals surface area contributed by atoms with Crippen molar-refractivity contribution < 1.29 is 23.9 Å².